The van der Waals surface area contributed by atoms with Crippen molar-refractivity contribution in [1.29, 1.82) is 0 Å². The number of aromatic nitrogens is 1. The van der Waals surface area contributed by atoms with E-state index in [4.69, 9.17) is 18.0 Å². The van der Waals surface area contributed by atoms with Crippen molar-refractivity contribution in [2.45, 2.75) is 19.4 Å². The number of hydrogen-bond donors (Lipinski definition) is 1. The van der Waals surface area contributed by atoms with Gasteiger partial charge in [-0.25, -0.2) is 4.98 Å². The molecule has 0 aromatic carbocycles. The second-order valence-electron chi connectivity index (χ2n) is 3.31. The molecule has 2 N–H and O–H groups in total. The normalized spacial score (nSPS) is 12.1. The molecule has 0 aliphatic heterocycles. The summed E-state index contributed by atoms with van der Waals surface area (Å²) >= 11 is 6.21. The van der Waals surface area contributed by atoms with E-state index in [1.807, 2.05) is 6.92 Å². The molecule has 1 amide bonds. The lowest BCUT2D eigenvalue weighted by atomic mass is 10.2. The van der Waals surface area contributed by atoms with Crippen LogP contribution in [0.2, 0.25) is 0 Å². The van der Waals surface area contributed by atoms with Crippen molar-refractivity contribution < 1.29 is 4.79 Å². The highest BCUT2D eigenvalue weighted by Gasteiger charge is 2.19. The predicted molar refractivity (Wildman–Crippen MR) is 65.1 cm³/mol. The molecular weight excluding hydrogens is 230 g/mol. The molecule has 0 spiro atoms. The molecule has 15 heavy (non-hydrogen) atoms. The number of nitrogens with two attached hydrogens (primary N) is 1. The number of carbonyl (C=O) groups is 1. The number of carbonyl (C=O) groups excluding carboxylic acids is 1. The van der Waals surface area contributed by atoms with Crippen LogP contribution in [0.15, 0.2) is 10.9 Å². The summed E-state index contributed by atoms with van der Waals surface area (Å²) in [6, 6.07) is -0.00306. The molecule has 0 aliphatic carbocycles. The second kappa shape index (κ2) is 5.18. The summed E-state index contributed by atoms with van der Waals surface area (Å²) in [5, 5.41) is 1.73. The van der Waals surface area contributed by atoms with Gasteiger partial charge in [-0.2, -0.15) is 0 Å². The largest absolute Gasteiger partial charge is 0.393 e. The molecular formula is C9H13N3OS2. The van der Waals surface area contributed by atoms with E-state index >= 15 is 0 Å². The fourth-order valence-electron chi connectivity index (χ4n) is 1.13. The summed E-state index contributed by atoms with van der Waals surface area (Å²) in [5.41, 5.74) is 7.54. The fraction of sp³-hybridized carbons (Fsp3) is 0.444. The van der Waals surface area contributed by atoms with E-state index in [1.165, 1.54) is 11.3 Å². The van der Waals surface area contributed by atoms with Gasteiger partial charge < -0.3 is 10.6 Å². The van der Waals surface area contributed by atoms with Crippen LogP contribution in [0.4, 0.5) is 0 Å². The van der Waals surface area contributed by atoms with E-state index in [2.05, 4.69) is 4.98 Å². The van der Waals surface area contributed by atoms with Gasteiger partial charge in [-0.3, -0.25) is 4.79 Å². The van der Waals surface area contributed by atoms with Gasteiger partial charge in [-0.1, -0.05) is 12.2 Å². The highest BCUT2D eigenvalue weighted by Crippen LogP contribution is 2.09. The van der Waals surface area contributed by atoms with Crippen LogP contribution in [0.1, 0.15) is 23.8 Å². The molecule has 1 heterocycles. The Labute approximate surface area is 98.1 Å². The molecule has 0 saturated carbocycles. The van der Waals surface area contributed by atoms with Gasteiger partial charge in [0.2, 0.25) is 0 Å². The summed E-state index contributed by atoms with van der Waals surface area (Å²) in [5.74, 6) is -0.0972. The molecule has 0 bridgehead atoms. The van der Waals surface area contributed by atoms with Crippen LogP contribution in [0.5, 0.6) is 0 Å². The van der Waals surface area contributed by atoms with E-state index in [0.717, 1.165) is 0 Å². The van der Waals surface area contributed by atoms with Gasteiger partial charge in [0.1, 0.15) is 5.69 Å². The van der Waals surface area contributed by atoms with Crippen molar-refractivity contribution in [3.8, 4) is 0 Å². The van der Waals surface area contributed by atoms with Gasteiger partial charge in [0.25, 0.3) is 5.91 Å². The van der Waals surface area contributed by atoms with Crippen molar-refractivity contribution in [2.24, 2.45) is 5.73 Å². The molecule has 1 rings (SSSR count). The Kier molecular flexibility index (Phi) is 4.16. The third-order valence-corrected chi connectivity index (χ3v) is 2.88. The van der Waals surface area contributed by atoms with E-state index < -0.39 is 0 Å². The van der Waals surface area contributed by atoms with Crippen molar-refractivity contribution in [3.05, 3.63) is 16.6 Å². The maximum Gasteiger partial charge on any atom is 0.273 e. The molecule has 0 fully saturated rings. The van der Waals surface area contributed by atoms with Crippen molar-refractivity contribution in [1.82, 2.24) is 9.88 Å². The van der Waals surface area contributed by atoms with Gasteiger partial charge in [-0.15, -0.1) is 11.3 Å². The average molecular weight is 243 g/mol. The lowest BCUT2D eigenvalue weighted by Crippen LogP contribution is -2.37. The lowest BCUT2D eigenvalue weighted by molar-refractivity contribution is 0.0743. The molecule has 0 radical (unpaired) electrons. The molecule has 1 aromatic rings. The molecule has 1 unspecified atom stereocenters. The number of hydrogen-bond acceptors (Lipinski definition) is 4. The standard InChI is InChI=1S/C9H13N3OS2/c1-6(3-8(10)14)12(2)9(13)7-4-15-5-11-7/h4-6H,3H2,1-2H3,(H2,10,14). The van der Waals surface area contributed by atoms with Crippen LogP contribution in [0.3, 0.4) is 0 Å². The van der Waals surface area contributed by atoms with Gasteiger partial charge in [0, 0.05) is 24.9 Å². The van der Waals surface area contributed by atoms with Crippen LogP contribution in [-0.2, 0) is 0 Å². The third kappa shape index (κ3) is 3.24. The quantitative estimate of drug-likeness (QED) is 0.809. The zero-order valence-electron chi connectivity index (χ0n) is 8.64. The SMILES string of the molecule is CC(CC(N)=S)N(C)C(=O)c1cscn1. The van der Waals surface area contributed by atoms with E-state index in [1.54, 1.807) is 22.8 Å². The predicted octanol–water partition coefficient (Wildman–Crippen LogP) is 1.28. The molecule has 82 valence electrons. The second-order valence-corrected chi connectivity index (χ2v) is 4.55. The summed E-state index contributed by atoms with van der Waals surface area (Å²) in [6.07, 6.45) is 0.529. The zero-order valence-corrected chi connectivity index (χ0v) is 10.3. The van der Waals surface area contributed by atoms with Crippen LogP contribution >= 0.6 is 23.6 Å². The van der Waals surface area contributed by atoms with E-state index in [-0.39, 0.29) is 11.9 Å². The minimum atomic E-state index is -0.0972. The molecule has 0 aliphatic rings. The Morgan fingerprint density at radius 3 is 2.93 bits per heavy atom. The first-order valence-electron chi connectivity index (χ1n) is 4.46. The van der Waals surface area contributed by atoms with Gasteiger partial charge in [0.15, 0.2) is 0 Å². The minimum absolute atomic E-state index is 0.00306. The minimum Gasteiger partial charge on any atom is -0.393 e. The fourth-order valence-corrected chi connectivity index (χ4v) is 1.89. The number of rotatable bonds is 4. The van der Waals surface area contributed by atoms with E-state index in [0.29, 0.717) is 17.1 Å². The topological polar surface area (TPSA) is 59.2 Å². The van der Waals surface area contributed by atoms with Gasteiger partial charge in [-0.05, 0) is 6.92 Å². The number of thiazole rings is 1. The first kappa shape index (κ1) is 12.1. The lowest BCUT2D eigenvalue weighted by Gasteiger charge is -2.23. The Morgan fingerprint density at radius 1 is 1.80 bits per heavy atom. The third-order valence-electron chi connectivity index (χ3n) is 2.13. The number of nitrogens with zero attached hydrogens (tertiary/aromatic N) is 2. The molecule has 1 aromatic heterocycles. The Hall–Kier alpha value is -1.01. The summed E-state index contributed by atoms with van der Waals surface area (Å²) in [4.78, 5) is 17.8. The first-order chi connectivity index (χ1) is 7.02. The highest BCUT2D eigenvalue weighted by molar-refractivity contribution is 7.80. The van der Waals surface area contributed by atoms with Crippen LogP contribution in [0.25, 0.3) is 0 Å². The molecule has 1 atom stereocenters. The van der Waals surface area contributed by atoms with Crippen molar-refractivity contribution in [2.75, 3.05) is 7.05 Å². The first-order valence-corrected chi connectivity index (χ1v) is 5.81. The maximum atomic E-state index is 11.8. The van der Waals surface area contributed by atoms with Crippen LogP contribution in [0, 0.1) is 0 Å². The zero-order chi connectivity index (χ0) is 11.4. The molecule has 0 saturated heterocycles. The average Bonchev–Trinajstić information content (AvgIpc) is 2.67. The monoisotopic (exact) mass is 243 g/mol. The van der Waals surface area contributed by atoms with E-state index in [9.17, 15) is 4.79 Å². The maximum absolute atomic E-state index is 11.8. The van der Waals surface area contributed by atoms with Crippen molar-refractivity contribution in [3.63, 3.8) is 0 Å². The summed E-state index contributed by atoms with van der Waals surface area (Å²) in [7, 11) is 1.73. The van der Waals surface area contributed by atoms with Crippen LogP contribution < -0.4 is 5.73 Å². The van der Waals surface area contributed by atoms with Crippen LogP contribution in [-0.4, -0.2) is 33.9 Å². The number of thiocarbonyl (C=S) groups is 1. The molecule has 6 heteroatoms. The smallest absolute Gasteiger partial charge is 0.273 e. The number of amides is 1. The van der Waals surface area contributed by atoms with Crippen molar-refractivity contribution >= 4 is 34.5 Å². The Balaban J connectivity index is 2.64. The van der Waals surface area contributed by atoms with Gasteiger partial charge in [0.05, 0.1) is 10.5 Å². The highest BCUT2D eigenvalue weighted by atomic mass is 32.1. The Bertz CT molecular complexity index is 350. The molecule has 4 nitrogen and oxygen atoms in total. The summed E-state index contributed by atoms with van der Waals surface area (Å²) < 4.78 is 0. The summed E-state index contributed by atoms with van der Waals surface area (Å²) in [6.45, 7) is 1.91. The Morgan fingerprint density at radius 2 is 2.47 bits per heavy atom. The van der Waals surface area contributed by atoms with Gasteiger partial charge >= 0.3 is 0 Å².